The summed E-state index contributed by atoms with van der Waals surface area (Å²) in [5.41, 5.74) is 1.67. The van der Waals surface area contributed by atoms with E-state index in [-0.39, 0.29) is 36.0 Å². The van der Waals surface area contributed by atoms with Gasteiger partial charge in [0.05, 0.1) is 22.7 Å². The number of nitrogens with one attached hydrogen (secondary N) is 2. The van der Waals surface area contributed by atoms with Crippen LogP contribution in [-0.4, -0.2) is 47.6 Å². The number of aliphatic hydroxyl groups is 1. The Hall–Kier alpha value is -2.79. The van der Waals surface area contributed by atoms with E-state index in [9.17, 15) is 14.7 Å². The maximum absolute atomic E-state index is 13.3. The first-order valence-electron chi connectivity index (χ1n) is 10.4. The highest BCUT2D eigenvalue weighted by Crippen LogP contribution is 2.27. The molecule has 7 nitrogen and oxygen atoms in total. The van der Waals surface area contributed by atoms with Crippen molar-refractivity contribution in [2.24, 2.45) is 0 Å². The van der Waals surface area contributed by atoms with Crippen LogP contribution >= 0.6 is 23.2 Å². The number of nitriles is 1. The van der Waals surface area contributed by atoms with E-state index in [0.717, 1.165) is 19.3 Å². The third kappa shape index (κ3) is 5.92. The Bertz CT molecular complexity index is 1040. The largest absolute Gasteiger partial charge is 0.396 e. The van der Waals surface area contributed by atoms with Crippen LogP contribution in [0.3, 0.4) is 0 Å². The van der Waals surface area contributed by atoms with Crippen LogP contribution in [0.1, 0.15) is 41.6 Å². The zero-order valence-corrected chi connectivity index (χ0v) is 18.9. The maximum Gasteiger partial charge on any atom is 0.256 e. The van der Waals surface area contributed by atoms with Gasteiger partial charge in [-0.3, -0.25) is 9.59 Å². The van der Waals surface area contributed by atoms with Crippen LogP contribution in [0.2, 0.25) is 10.0 Å². The molecule has 32 heavy (non-hydrogen) atoms. The molecule has 0 spiro atoms. The van der Waals surface area contributed by atoms with Crippen molar-refractivity contribution in [1.82, 2.24) is 4.90 Å². The van der Waals surface area contributed by atoms with Gasteiger partial charge in [-0.2, -0.15) is 5.26 Å². The number of aliphatic hydroxyl groups excluding tert-OH is 1. The van der Waals surface area contributed by atoms with E-state index in [1.54, 1.807) is 29.2 Å². The molecule has 1 fully saturated rings. The maximum atomic E-state index is 13.3. The third-order valence-electron chi connectivity index (χ3n) is 5.38. The normalized spacial score (nSPS) is 15.7. The van der Waals surface area contributed by atoms with Gasteiger partial charge in [0.1, 0.15) is 6.07 Å². The summed E-state index contributed by atoms with van der Waals surface area (Å²) in [5.74, 6) is -0.498. The number of rotatable bonds is 7. The van der Waals surface area contributed by atoms with Gasteiger partial charge >= 0.3 is 0 Å². The van der Waals surface area contributed by atoms with Gasteiger partial charge in [-0.1, -0.05) is 23.2 Å². The Morgan fingerprint density at radius 2 is 2.00 bits per heavy atom. The molecular formula is C23H24Cl2N4O3. The second-order valence-corrected chi connectivity index (χ2v) is 8.40. The number of amides is 2. The molecule has 2 amide bonds. The van der Waals surface area contributed by atoms with Crippen molar-refractivity contribution in [3.8, 4) is 6.07 Å². The second-order valence-electron chi connectivity index (χ2n) is 7.56. The summed E-state index contributed by atoms with van der Waals surface area (Å²) in [4.78, 5) is 27.5. The minimum Gasteiger partial charge on any atom is -0.396 e. The molecule has 3 N–H and O–H groups in total. The first-order valence-corrected chi connectivity index (χ1v) is 11.1. The molecule has 1 aliphatic heterocycles. The zero-order valence-electron chi connectivity index (χ0n) is 17.4. The quantitative estimate of drug-likeness (QED) is 0.554. The minimum absolute atomic E-state index is 0.00536. The standard InChI is InChI=1S/C23H24Cl2N4O3/c24-16-5-7-19(23(32)29-9-2-1-3-18(29)8-10-30)21(11-16)27-14-22(31)28-17-6-4-15(13-26)20(25)12-17/h4-7,11-12,18,27,30H,1-3,8-10,14H2,(H,28,31)/t18-/m0/s1. The van der Waals surface area contributed by atoms with E-state index in [0.29, 0.717) is 40.5 Å². The summed E-state index contributed by atoms with van der Waals surface area (Å²) >= 11 is 12.1. The third-order valence-corrected chi connectivity index (χ3v) is 5.92. The molecule has 0 aliphatic carbocycles. The molecule has 0 unspecified atom stereocenters. The Kier molecular flexibility index (Phi) is 8.34. The van der Waals surface area contributed by atoms with Gasteiger partial charge < -0.3 is 20.6 Å². The molecule has 1 aliphatic rings. The number of halogens is 2. The van der Waals surface area contributed by atoms with Crippen LogP contribution in [0.4, 0.5) is 11.4 Å². The highest BCUT2D eigenvalue weighted by Gasteiger charge is 2.28. The minimum atomic E-state index is -0.347. The second kappa shape index (κ2) is 11.2. The zero-order chi connectivity index (χ0) is 23.1. The van der Waals surface area contributed by atoms with Crippen molar-refractivity contribution in [1.29, 1.82) is 5.26 Å². The molecule has 0 saturated carbocycles. The first-order chi connectivity index (χ1) is 15.4. The highest BCUT2D eigenvalue weighted by atomic mass is 35.5. The lowest BCUT2D eigenvalue weighted by atomic mass is 9.98. The van der Waals surface area contributed by atoms with E-state index in [1.165, 1.54) is 12.1 Å². The Morgan fingerprint density at radius 1 is 1.19 bits per heavy atom. The molecule has 0 bridgehead atoms. The van der Waals surface area contributed by atoms with Crippen molar-refractivity contribution in [2.45, 2.75) is 31.7 Å². The molecule has 2 aromatic rings. The molecule has 168 valence electrons. The summed E-state index contributed by atoms with van der Waals surface area (Å²) in [6, 6.07) is 11.5. The fraction of sp³-hybridized carbons (Fsp3) is 0.348. The SMILES string of the molecule is N#Cc1ccc(NC(=O)CNc2cc(Cl)ccc2C(=O)N2CCCC[C@H]2CCO)cc1Cl. The van der Waals surface area contributed by atoms with E-state index in [4.69, 9.17) is 28.5 Å². The first kappa shape index (κ1) is 23.9. The van der Waals surface area contributed by atoms with Gasteiger partial charge in [0, 0.05) is 35.6 Å². The van der Waals surface area contributed by atoms with Crippen LogP contribution in [-0.2, 0) is 4.79 Å². The topological polar surface area (TPSA) is 105 Å². The lowest BCUT2D eigenvalue weighted by Crippen LogP contribution is -2.44. The van der Waals surface area contributed by atoms with Crippen molar-refractivity contribution >= 4 is 46.4 Å². The van der Waals surface area contributed by atoms with Crippen LogP contribution in [0.25, 0.3) is 0 Å². The van der Waals surface area contributed by atoms with Crippen molar-refractivity contribution in [3.63, 3.8) is 0 Å². The fourth-order valence-corrected chi connectivity index (χ4v) is 4.18. The van der Waals surface area contributed by atoms with Crippen LogP contribution in [0, 0.1) is 11.3 Å². The number of hydrogen-bond acceptors (Lipinski definition) is 5. The highest BCUT2D eigenvalue weighted by molar-refractivity contribution is 6.32. The van der Waals surface area contributed by atoms with Crippen molar-refractivity contribution in [2.75, 3.05) is 30.3 Å². The van der Waals surface area contributed by atoms with Gasteiger partial charge in [0.2, 0.25) is 5.91 Å². The average Bonchev–Trinajstić information content (AvgIpc) is 2.78. The Balaban J connectivity index is 1.71. The van der Waals surface area contributed by atoms with E-state index >= 15 is 0 Å². The number of hydrogen-bond donors (Lipinski definition) is 3. The lowest BCUT2D eigenvalue weighted by Gasteiger charge is -2.36. The van der Waals surface area contributed by atoms with E-state index in [1.807, 2.05) is 6.07 Å². The molecule has 9 heteroatoms. The monoisotopic (exact) mass is 474 g/mol. The number of benzene rings is 2. The lowest BCUT2D eigenvalue weighted by molar-refractivity contribution is -0.114. The van der Waals surface area contributed by atoms with Crippen molar-refractivity contribution < 1.29 is 14.7 Å². The van der Waals surface area contributed by atoms with Gasteiger partial charge in [-0.25, -0.2) is 0 Å². The Morgan fingerprint density at radius 3 is 2.72 bits per heavy atom. The molecule has 1 heterocycles. The predicted octanol–water partition coefficient (Wildman–Crippen LogP) is 4.29. The van der Waals surface area contributed by atoms with Crippen LogP contribution < -0.4 is 10.6 Å². The smallest absolute Gasteiger partial charge is 0.256 e. The van der Waals surface area contributed by atoms with Crippen molar-refractivity contribution in [3.05, 3.63) is 57.6 Å². The summed E-state index contributed by atoms with van der Waals surface area (Å²) in [6.07, 6.45) is 3.34. The number of carbonyl (C=O) groups excluding carboxylic acids is 2. The predicted molar refractivity (Wildman–Crippen MR) is 125 cm³/mol. The number of nitrogens with zero attached hydrogens (tertiary/aromatic N) is 2. The number of likely N-dealkylation sites (tertiary alicyclic amines) is 1. The average molecular weight is 475 g/mol. The van der Waals surface area contributed by atoms with Gasteiger partial charge in [-0.15, -0.1) is 0 Å². The van der Waals surface area contributed by atoms with Gasteiger partial charge in [0.15, 0.2) is 0 Å². The van der Waals surface area contributed by atoms with Crippen LogP contribution in [0.5, 0.6) is 0 Å². The van der Waals surface area contributed by atoms with E-state index < -0.39 is 0 Å². The summed E-state index contributed by atoms with van der Waals surface area (Å²) in [5, 5.41) is 24.7. The molecule has 2 aromatic carbocycles. The van der Waals surface area contributed by atoms with E-state index in [2.05, 4.69) is 10.6 Å². The molecule has 1 saturated heterocycles. The molecule has 1 atom stereocenters. The molecule has 0 aromatic heterocycles. The summed E-state index contributed by atoms with van der Waals surface area (Å²) < 4.78 is 0. The van der Waals surface area contributed by atoms with Gasteiger partial charge in [0.25, 0.3) is 5.91 Å². The number of carbonyl (C=O) groups is 2. The summed E-state index contributed by atoms with van der Waals surface area (Å²) in [7, 11) is 0. The molecule has 3 rings (SSSR count). The fourth-order valence-electron chi connectivity index (χ4n) is 3.79. The molecule has 0 radical (unpaired) electrons. The number of piperidine rings is 1. The Labute approximate surface area is 196 Å². The number of anilines is 2. The molecular weight excluding hydrogens is 451 g/mol. The van der Waals surface area contributed by atoms with Gasteiger partial charge in [-0.05, 0) is 62.1 Å². The summed E-state index contributed by atoms with van der Waals surface area (Å²) in [6.45, 7) is 0.559. The van der Waals surface area contributed by atoms with Crippen LogP contribution in [0.15, 0.2) is 36.4 Å².